The normalized spacial score (nSPS) is 28.3. The molecule has 4 rings (SSSR count). The lowest BCUT2D eigenvalue weighted by Crippen LogP contribution is -2.40. The molecule has 0 aromatic carbocycles. The van der Waals surface area contributed by atoms with Gasteiger partial charge in [-0.1, -0.05) is 0 Å². The van der Waals surface area contributed by atoms with Crippen molar-refractivity contribution < 1.29 is 9.53 Å². The van der Waals surface area contributed by atoms with Crippen LogP contribution in [0.15, 0.2) is 6.33 Å². The van der Waals surface area contributed by atoms with Crippen LogP contribution in [0.1, 0.15) is 37.9 Å². The molecule has 2 unspecified atom stereocenters. The first-order valence-corrected chi connectivity index (χ1v) is 10.1. The molecule has 0 spiro atoms. The molecule has 2 atom stereocenters. The second-order valence-corrected chi connectivity index (χ2v) is 7.86. The summed E-state index contributed by atoms with van der Waals surface area (Å²) in [6, 6.07) is 0.803. The summed E-state index contributed by atoms with van der Waals surface area (Å²) in [6.45, 7) is 8.91. The number of nitrogens with one attached hydrogen (secondary N) is 2. The van der Waals surface area contributed by atoms with Gasteiger partial charge in [-0.3, -0.25) is 15.6 Å². The molecule has 0 aliphatic carbocycles. The molecule has 0 saturated carbocycles. The third-order valence-electron chi connectivity index (χ3n) is 6.16. The Morgan fingerprint density at radius 3 is 2.67 bits per heavy atom. The quantitative estimate of drug-likeness (QED) is 0.793. The largest absolute Gasteiger partial charge is 0.378 e. The van der Waals surface area contributed by atoms with Crippen molar-refractivity contribution >= 4 is 11.7 Å². The second kappa shape index (κ2) is 8.08. The molecule has 8 nitrogen and oxygen atoms in total. The molecule has 8 heteroatoms. The van der Waals surface area contributed by atoms with Crippen LogP contribution in [0.2, 0.25) is 0 Å². The van der Waals surface area contributed by atoms with Crippen LogP contribution in [-0.2, 0) is 22.5 Å². The summed E-state index contributed by atoms with van der Waals surface area (Å²) in [7, 11) is 0. The van der Waals surface area contributed by atoms with Crippen molar-refractivity contribution in [3.63, 3.8) is 0 Å². The molecule has 148 valence electrons. The van der Waals surface area contributed by atoms with E-state index in [2.05, 4.69) is 39.6 Å². The van der Waals surface area contributed by atoms with Gasteiger partial charge in [0.1, 0.15) is 12.1 Å². The molecule has 2 N–H and O–H groups in total. The van der Waals surface area contributed by atoms with Gasteiger partial charge >= 0.3 is 0 Å². The summed E-state index contributed by atoms with van der Waals surface area (Å²) < 4.78 is 5.45. The molecule has 3 aliphatic rings. The zero-order chi connectivity index (χ0) is 18.8. The lowest BCUT2D eigenvalue weighted by molar-refractivity contribution is -0.132. The van der Waals surface area contributed by atoms with E-state index >= 15 is 0 Å². The smallest absolute Gasteiger partial charge is 0.222 e. The third kappa shape index (κ3) is 3.93. The van der Waals surface area contributed by atoms with Gasteiger partial charge in [0.05, 0.1) is 25.5 Å². The van der Waals surface area contributed by atoms with Crippen LogP contribution in [-0.4, -0.2) is 65.7 Å². The van der Waals surface area contributed by atoms with E-state index in [0.717, 1.165) is 57.2 Å². The number of rotatable bonds is 4. The molecule has 0 bridgehead atoms. The van der Waals surface area contributed by atoms with Gasteiger partial charge in [0.25, 0.3) is 0 Å². The highest BCUT2D eigenvalue weighted by atomic mass is 16.5. The number of hydrazine groups is 1. The number of nitrogens with zero attached hydrogens (tertiary/aromatic N) is 4. The molecule has 1 aromatic rings. The molecule has 27 heavy (non-hydrogen) atoms. The zero-order valence-electron chi connectivity index (χ0n) is 16.3. The number of carbonyl (C=O) groups is 1. The predicted octanol–water partition coefficient (Wildman–Crippen LogP) is 0.479. The molecule has 3 aliphatic heterocycles. The highest BCUT2D eigenvalue weighted by Crippen LogP contribution is 2.27. The van der Waals surface area contributed by atoms with Crippen molar-refractivity contribution in [2.75, 3.05) is 37.7 Å². The average Bonchev–Trinajstić information content (AvgIpc) is 3.03. The van der Waals surface area contributed by atoms with Crippen LogP contribution in [0.25, 0.3) is 0 Å². The van der Waals surface area contributed by atoms with Crippen molar-refractivity contribution in [1.82, 2.24) is 25.7 Å². The van der Waals surface area contributed by atoms with Crippen LogP contribution < -0.4 is 15.8 Å². The number of morpholine rings is 1. The highest BCUT2D eigenvalue weighted by molar-refractivity contribution is 5.76. The number of ether oxygens (including phenoxy) is 1. The zero-order valence-corrected chi connectivity index (χ0v) is 16.3. The number of anilines is 1. The van der Waals surface area contributed by atoms with Crippen molar-refractivity contribution in [3.05, 3.63) is 17.6 Å². The first-order chi connectivity index (χ1) is 13.1. The van der Waals surface area contributed by atoms with Gasteiger partial charge in [-0.15, -0.1) is 0 Å². The highest BCUT2D eigenvalue weighted by Gasteiger charge is 2.31. The average molecular weight is 374 g/mol. The van der Waals surface area contributed by atoms with E-state index in [1.54, 1.807) is 6.33 Å². The molecular weight excluding hydrogens is 344 g/mol. The fourth-order valence-electron chi connectivity index (χ4n) is 4.46. The molecular formula is C19H30N6O2. The maximum atomic E-state index is 12.8. The Labute approximate surface area is 160 Å². The Bertz CT molecular complexity index is 668. The molecule has 2 fully saturated rings. The van der Waals surface area contributed by atoms with E-state index < -0.39 is 0 Å². The van der Waals surface area contributed by atoms with Crippen LogP contribution in [0, 0.1) is 5.92 Å². The Kier molecular flexibility index (Phi) is 5.56. The lowest BCUT2D eigenvalue weighted by atomic mass is 9.91. The predicted molar refractivity (Wildman–Crippen MR) is 102 cm³/mol. The number of fused-ring (bicyclic) bond motifs is 1. The van der Waals surface area contributed by atoms with Gasteiger partial charge in [-0.2, -0.15) is 0 Å². The fourth-order valence-corrected chi connectivity index (χ4v) is 4.46. The summed E-state index contributed by atoms with van der Waals surface area (Å²) >= 11 is 0. The Hall–Kier alpha value is -1.77. The van der Waals surface area contributed by atoms with E-state index in [-0.39, 0.29) is 5.91 Å². The van der Waals surface area contributed by atoms with Crippen LogP contribution in [0.4, 0.5) is 5.82 Å². The molecule has 1 aromatic heterocycles. The minimum Gasteiger partial charge on any atom is -0.378 e. The van der Waals surface area contributed by atoms with Gasteiger partial charge < -0.3 is 14.5 Å². The summed E-state index contributed by atoms with van der Waals surface area (Å²) in [6.07, 6.45) is 3.97. The number of hydrogen-bond donors (Lipinski definition) is 2. The third-order valence-corrected chi connectivity index (χ3v) is 6.16. The Morgan fingerprint density at radius 1 is 1.19 bits per heavy atom. The fraction of sp³-hybridized carbons (Fsp3) is 0.737. The van der Waals surface area contributed by atoms with E-state index in [9.17, 15) is 4.79 Å². The second-order valence-electron chi connectivity index (χ2n) is 7.86. The van der Waals surface area contributed by atoms with E-state index in [0.29, 0.717) is 31.0 Å². The van der Waals surface area contributed by atoms with Gasteiger partial charge in [0, 0.05) is 43.7 Å². The number of aromatic nitrogens is 2. The minimum atomic E-state index is 0.235. The Morgan fingerprint density at radius 2 is 1.93 bits per heavy atom. The maximum absolute atomic E-state index is 12.8. The Balaban J connectivity index is 1.38. The molecule has 2 saturated heterocycles. The van der Waals surface area contributed by atoms with Crippen molar-refractivity contribution in [1.29, 1.82) is 0 Å². The van der Waals surface area contributed by atoms with E-state index in [1.165, 1.54) is 5.56 Å². The molecule has 0 radical (unpaired) electrons. The molecule has 4 heterocycles. The first kappa shape index (κ1) is 18.6. The standard InChI is InChI=1S/C19H30N6O2/c1-13-15(14(2)23-22-13)3-4-18(26)25-6-5-16-17(11-25)20-12-21-19(16)24-7-9-27-10-8-24/h12-15,22-23H,3-11H2,1-2H3. The van der Waals surface area contributed by atoms with Crippen LogP contribution in [0.3, 0.4) is 0 Å². The van der Waals surface area contributed by atoms with Crippen molar-refractivity contribution in [3.8, 4) is 0 Å². The summed E-state index contributed by atoms with van der Waals surface area (Å²) in [5, 5.41) is 0. The number of carbonyl (C=O) groups excluding carboxylic acids is 1. The van der Waals surface area contributed by atoms with Gasteiger partial charge in [0.15, 0.2) is 0 Å². The van der Waals surface area contributed by atoms with Crippen molar-refractivity contribution in [2.24, 2.45) is 5.92 Å². The van der Waals surface area contributed by atoms with Crippen LogP contribution in [0.5, 0.6) is 0 Å². The SMILES string of the molecule is CC1NNC(C)C1CCC(=O)N1CCc2c(ncnc2N2CCOCC2)C1. The maximum Gasteiger partial charge on any atom is 0.222 e. The van der Waals surface area contributed by atoms with Gasteiger partial charge in [0.2, 0.25) is 5.91 Å². The van der Waals surface area contributed by atoms with E-state index in [4.69, 9.17) is 4.74 Å². The van der Waals surface area contributed by atoms with Crippen molar-refractivity contribution in [2.45, 2.75) is 51.7 Å². The van der Waals surface area contributed by atoms with Gasteiger partial charge in [-0.25, -0.2) is 9.97 Å². The number of hydrogen-bond acceptors (Lipinski definition) is 7. The summed E-state index contributed by atoms with van der Waals surface area (Å²) in [5.41, 5.74) is 8.74. The minimum absolute atomic E-state index is 0.235. The van der Waals surface area contributed by atoms with E-state index in [1.807, 2.05) is 4.90 Å². The molecule has 1 amide bonds. The summed E-state index contributed by atoms with van der Waals surface area (Å²) in [5.74, 6) is 1.75. The number of amides is 1. The summed E-state index contributed by atoms with van der Waals surface area (Å²) in [4.78, 5) is 26.0. The van der Waals surface area contributed by atoms with Gasteiger partial charge in [-0.05, 0) is 32.6 Å². The van der Waals surface area contributed by atoms with Crippen LogP contribution >= 0.6 is 0 Å². The monoisotopic (exact) mass is 374 g/mol. The first-order valence-electron chi connectivity index (χ1n) is 10.1. The topological polar surface area (TPSA) is 82.6 Å². The lowest BCUT2D eigenvalue weighted by Gasteiger charge is -2.33.